The van der Waals surface area contributed by atoms with Crippen LogP contribution in [-0.4, -0.2) is 47.8 Å². The molecule has 0 unspecified atom stereocenters. The number of benzene rings is 5. The van der Waals surface area contributed by atoms with E-state index in [-0.39, 0.29) is 23.0 Å². The standard InChI is InChI=1S/C54H64N2O8/c1-3-5-7-9-11-13-15-17-34-61-47-32-26-43(51(57)37-47)39-55-45-28-22-41(23-29-45)53(59)63-49-20-19-21-50(36-49)64-54(60)42-24-30-46(31-25-42)56-40-44-27-33-48(38-52(44)58)62-35-18-16-14-12-10-8-6-4-2/h19-33,36-40,57-58H,3-18,34-35H2,1-2H3. The second-order valence-corrected chi connectivity index (χ2v) is 16.0. The van der Waals surface area contributed by atoms with E-state index in [1.165, 1.54) is 83.1 Å². The fourth-order valence-corrected chi connectivity index (χ4v) is 6.89. The zero-order valence-corrected chi connectivity index (χ0v) is 37.5. The van der Waals surface area contributed by atoms with Crippen molar-refractivity contribution in [3.8, 4) is 34.5 Å². The summed E-state index contributed by atoms with van der Waals surface area (Å²) < 4.78 is 22.8. The zero-order chi connectivity index (χ0) is 45.2. The first-order valence-corrected chi connectivity index (χ1v) is 23.1. The Morgan fingerprint density at radius 1 is 0.453 bits per heavy atom. The van der Waals surface area contributed by atoms with Crippen molar-refractivity contribution in [2.24, 2.45) is 9.98 Å². The Hall–Kier alpha value is -6.42. The normalized spacial score (nSPS) is 11.3. The van der Waals surface area contributed by atoms with E-state index in [1.54, 1.807) is 103 Å². The summed E-state index contributed by atoms with van der Waals surface area (Å²) in [4.78, 5) is 34.8. The number of hydrogen-bond donors (Lipinski definition) is 2. The molecule has 0 atom stereocenters. The van der Waals surface area contributed by atoms with Gasteiger partial charge in [-0.05, 0) is 97.8 Å². The number of phenols is 2. The Kier molecular flexibility index (Phi) is 21.0. The Labute approximate surface area is 379 Å². The van der Waals surface area contributed by atoms with Crippen LogP contribution in [-0.2, 0) is 0 Å². The molecule has 5 aromatic carbocycles. The molecule has 2 N–H and O–H groups in total. The molecular weight excluding hydrogens is 805 g/mol. The van der Waals surface area contributed by atoms with E-state index in [2.05, 4.69) is 23.8 Å². The van der Waals surface area contributed by atoms with Crippen LogP contribution in [0, 0.1) is 0 Å². The van der Waals surface area contributed by atoms with E-state index in [0.717, 1.165) is 25.7 Å². The van der Waals surface area contributed by atoms with Crippen LogP contribution >= 0.6 is 0 Å². The summed E-state index contributed by atoms with van der Waals surface area (Å²) >= 11 is 0. The molecule has 0 aromatic heterocycles. The quantitative estimate of drug-likeness (QED) is 0.0219. The van der Waals surface area contributed by atoms with E-state index >= 15 is 0 Å². The van der Waals surface area contributed by atoms with Crippen molar-refractivity contribution >= 4 is 35.7 Å². The molecule has 0 amide bonds. The molecule has 0 heterocycles. The number of nitrogens with zero attached hydrogens (tertiary/aromatic N) is 2. The van der Waals surface area contributed by atoms with E-state index < -0.39 is 11.9 Å². The molecule has 64 heavy (non-hydrogen) atoms. The molecular formula is C54H64N2O8. The van der Waals surface area contributed by atoms with Gasteiger partial charge >= 0.3 is 11.9 Å². The summed E-state index contributed by atoms with van der Waals surface area (Å²) in [5.74, 6) is 0.589. The van der Waals surface area contributed by atoms with Crippen molar-refractivity contribution in [1.82, 2.24) is 0 Å². The third-order valence-corrected chi connectivity index (χ3v) is 10.7. The van der Waals surface area contributed by atoms with Crippen molar-refractivity contribution in [2.75, 3.05) is 13.2 Å². The molecule has 0 saturated carbocycles. The maximum atomic E-state index is 13.0. The van der Waals surface area contributed by atoms with E-state index in [1.807, 2.05) is 12.1 Å². The lowest BCUT2D eigenvalue weighted by atomic mass is 10.1. The van der Waals surface area contributed by atoms with Crippen LogP contribution in [0.2, 0.25) is 0 Å². The van der Waals surface area contributed by atoms with Crippen LogP contribution < -0.4 is 18.9 Å². The first-order valence-electron chi connectivity index (χ1n) is 23.1. The fourth-order valence-electron chi connectivity index (χ4n) is 6.89. The lowest BCUT2D eigenvalue weighted by molar-refractivity contribution is 0.0732. The van der Waals surface area contributed by atoms with Gasteiger partial charge in [-0.15, -0.1) is 0 Å². The average Bonchev–Trinajstić information content (AvgIpc) is 3.30. The predicted octanol–water partition coefficient (Wildman–Crippen LogP) is 14.1. The van der Waals surface area contributed by atoms with E-state index in [4.69, 9.17) is 18.9 Å². The minimum Gasteiger partial charge on any atom is -0.507 e. The summed E-state index contributed by atoms with van der Waals surface area (Å²) in [5, 5.41) is 21.1. The van der Waals surface area contributed by atoms with Gasteiger partial charge in [0.2, 0.25) is 0 Å². The van der Waals surface area contributed by atoms with Gasteiger partial charge in [-0.1, -0.05) is 110 Å². The molecule has 0 radical (unpaired) electrons. The van der Waals surface area contributed by atoms with Gasteiger partial charge in [0, 0.05) is 41.8 Å². The number of carbonyl (C=O) groups is 2. The number of unbranched alkanes of at least 4 members (excludes halogenated alkanes) is 14. The molecule has 5 rings (SSSR count). The van der Waals surface area contributed by atoms with Crippen LogP contribution in [0.4, 0.5) is 11.4 Å². The molecule has 338 valence electrons. The van der Waals surface area contributed by atoms with Crippen molar-refractivity contribution < 1.29 is 38.7 Å². The summed E-state index contributed by atoms with van der Waals surface area (Å²) in [7, 11) is 0. The first-order chi connectivity index (χ1) is 31.3. The summed E-state index contributed by atoms with van der Waals surface area (Å²) in [5.41, 5.74) is 2.85. The lowest BCUT2D eigenvalue weighted by Gasteiger charge is -2.08. The second kappa shape index (κ2) is 27.6. The summed E-state index contributed by atoms with van der Waals surface area (Å²) in [6.45, 7) is 5.69. The van der Waals surface area contributed by atoms with Gasteiger partial charge in [-0.25, -0.2) is 9.59 Å². The maximum Gasteiger partial charge on any atom is 0.343 e. The van der Waals surface area contributed by atoms with Gasteiger partial charge < -0.3 is 29.2 Å². The van der Waals surface area contributed by atoms with Gasteiger partial charge in [0.25, 0.3) is 0 Å². The predicted molar refractivity (Wildman–Crippen MR) is 256 cm³/mol. The summed E-state index contributed by atoms with van der Waals surface area (Å²) in [6, 6.07) is 29.7. The van der Waals surface area contributed by atoms with Gasteiger partial charge in [-0.3, -0.25) is 9.98 Å². The van der Waals surface area contributed by atoms with Crippen LogP contribution in [0.1, 0.15) is 148 Å². The summed E-state index contributed by atoms with van der Waals surface area (Å²) in [6.07, 6.45) is 22.8. The number of aromatic hydroxyl groups is 2. The molecule has 5 aromatic rings. The molecule has 0 saturated heterocycles. The minimum absolute atomic E-state index is 0.0686. The number of ether oxygens (including phenoxy) is 4. The molecule has 10 nitrogen and oxygen atoms in total. The van der Waals surface area contributed by atoms with Gasteiger partial charge in [0.15, 0.2) is 0 Å². The Balaban J connectivity index is 1.03. The van der Waals surface area contributed by atoms with Gasteiger partial charge in [-0.2, -0.15) is 0 Å². The van der Waals surface area contributed by atoms with E-state index in [9.17, 15) is 19.8 Å². The van der Waals surface area contributed by atoms with Crippen molar-refractivity contribution in [3.05, 3.63) is 131 Å². The fraction of sp³-hybridized carbons (Fsp3) is 0.370. The van der Waals surface area contributed by atoms with Crippen LogP contribution in [0.5, 0.6) is 34.5 Å². The molecule has 0 aliphatic rings. The average molecular weight is 869 g/mol. The number of rotatable bonds is 28. The Morgan fingerprint density at radius 2 is 0.828 bits per heavy atom. The third kappa shape index (κ3) is 17.4. The number of hydrogen-bond acceptors (Lipinski definition) is 10. The van der Waals surface area contributed by atoms with Gasteiger partial charge in [0.05, 0.1) is 35.7 Å². The van der Waals surface area contributed by atoms with Crippen LogP contribution in [0.25, 0.3) is 0 Å². The third-order valence-electron chi connectivity index (χ3n) is 10.7. The number of carbonyl (C=O) groups excluding carboxylic acids is 2. The lowest BCUT2D eigenvalue weighted by Crippen LogP contribution is -2.10. The van der Waals surface area contributed by atoms with Crippen molar-refractivity contribution in [1.29, 1.82) is 0 Å². The topological polar surface area (TPSA) is 136 Å². The second-order valence-electron chi connectivity index (χ2n) is 16.0. The highest BCUT2D eigenvalue weighted by Gasteiger charge is 2.13. The molecule has 0 aliphatic heterocycles. The molecule has 10 heteroatoms. The highest BCUT2D eigenvalue weighted by Crippen LogP contribution is 2.27. The van der Waals surface area contributed by atoms with E-state index in [0.29, 0.717) is 58.3 Å². The SMILES string of the molecule is CCCCCCCCCCOc1ccc(C=Nc2ccc(C(=O)Oc3cccc(OC(=O)c4ccc(N=Cc5ccc(OCCCCCCCCCC)cc5O)cc4)c3)cc2)c(O)c1. The zero-order valence-electron chi connectivity index (χ0n) is 37.5. The Bertz CT molecular complexity index is 2080. The Morgan fingerprint density at radius 3 is 1.20 bits per heavy atom. The first kappa shape index (κ1) is 48.6. The number of phenolic OH excluding ortho intramolecular Hbond substituents is 2. The smallest absolute Gasteiger partial charge is 0.343 e. The molecule has 0 spiro atoms. The van der Waals surface area contributed by atoms with Gasteiger partial charge in [0.1, 0.15) is 34.5 Å². The van der Waals surface area contributed by atoms with Crippen molar-refractivity contribution in [3.63, 3.8) is 0 Å². The molecule has 0 fully saturated rings. The van der Waals surface area contributed by atoms with Crippen LogP contribution in [0.3, 0.4) is 0 Å². The van der Waals surface area contributed by atoms with Crippen molar-refractivity contribution in [2.45, 2.75) is 117 Å². The monoisotopic (exact) mass is 868 g/mol. The molecule has 0 bridgehead atoms. The van der Waals surface area contributed by atoms with Crippen LogP contribution in [0.15, 0.2) is 119 Å². The highest BCUT2D eigenvalue weighted by atomic mass is 16.5. The largest absolute Gasteiger partial charge is 0.507 e. The maximum absolute atomic E-state index is 13.0. The number of esters is 2. The minimum atomic E-state index is -0.595. The molecule has 0 aliphatic carbocycles. The number of aliphatic imine (C=N–C) groups is 2. The highest BCUT2D eigenvalue weighted by molar-refractivity contribution is 5.93.